The Morgan fingerprint density at radius 1 is 1.12 bits per heavy atom. The standard InChI is InChI=1S/C19H14N2O3S2/c1-14-7-9-16(10-8-14)26(22,23)24-21-19-17(11-12-25-19)18(13-20)15-5-3-2-4-6-15/h2-12H,1H3/b18-17+,21-19-. The predicted molar refractivity (Wildman–Crippen MR) is 103 cm³/mol. The van der Waals surface area contributed by atoms with Crippen LogP contribution in [0.25, 0.3) is 5.57 Å². The van der Waals surface area contributed by atoms with Crippen LogP contribution in [0.4, 0.5) is 0 Å². The Morgan fingerprint density at radius 3 is 2.46 bits per heavy atom. The fourth-order valence-corrected chi connectivity index (χ4v) is 3.76. The summed E-state index contributed by atoms with van der Waals surface area (Å²) in [6, 6.07) is 17.6. The second kappa shape index (κ2) is 7.60. The predicted octanol–water partition coefficient (Wildman–Crippen LogP) is 4.25. The molecule has 0 N–H and O–H groups in total. The average Bonchev–Trinajstić information content (AvgIpc) is 3.10. The minimum Gasteiger partial charge on any atom is -0.264 e. The largest absolute Gasteiger partial charge is 0.358 e. The summed E-state index contributed by atoms with van der Waals surface area (Å²) < 4.78 is 29.4. The van der Waals surface area contributed by atoms with Crippen LogP contribution in [0, 0.1) is 18.3 Å². The zero-order chi connectivity index (χ0) is 18.6. The van der Waals surface area contributed by atoms with Crippen LogP contribution in [0.5, 0.6) is 0 Å². The Hall–Kier alpha value is -2.82. The minimum absolute atomic E-state index is 0.0255. The molecule has 0 aliphatic carbocycles. The fourth-order valence-electron chi connectivity index (χ4n) is 2.28. The molecule has 0 atom stereocenters. The van der Waals surface area contributed by atoms with E-state index in [4.69, 9.17) is 4.28 Å². The van der Waals surface area contributed by atoms with Gasteiger partial charge >= 0.3 is 10.1 Å². The molecule has 7 heteroatoms. The summed E-state index contributed by atoms with van der Waals surface area (Å²) in [4.78, 5) is 0.0255. The highest BCUT2D eigenvalue weighted by molar-refractivity contribution is 8.17. The van der Waals surface area contributed by atoms with Crippen molar-refractivity contribution in [3.05, 3.63) is 82.8 Å². The van der Waals surface area contributed by atoms with E-state index in [-0.39, 0.29) is 4.90 Å². The van der Waals surface area contributed by atoms with Crippen molar-refractivity contribution in [3.63, 3.8) is 0 Å². The maximum absolute atomic E-state index is 12.3. The van der Waals surface area contributed by atoms with Crippen molar-refractivity contribution < 1.29 is 12.7 Å². The van der Waals surface area contributed by atoms with Crippen LogP contribution in [-0.2, 0) is 14.4 Å². The van der Waals surface area contributed by atoms with Crippen LogP contribution in [0.2, 0.25) is 0 Å². The van der Waals surface area contributed by atoms with E-state index in [0.29, 0.717) is 16.2 Å². The summed E-state index contributed by atoms with van der Waals surface area (Å²) in [5, 5.41) is 15.4. The SMILES string of the molecule is Cc1ccc(S(=O)(=O)O/N=C2\SC=C\C2=C(\C#N)c2ccccc2)cc1. The number of nitrogens with zero attached hydrogens (tertiary/aromatic N) is 2. The number of allylic oxidation sites excluding steroid dienone is 2. The Morgan fingerprint density at radius 2 is 1.81 bits per heavy atom. The van der Waals surface area contributed by atoms with Gasteiger partial charge in [-0.05, 0) is 36.1 Å². The van der Waals surface area contributed by atoms with Crippen LogP contribution in [0.1, 0.15) is 11.1 Å². The van der Waals surface area contributed by atoms with E-state index >= 15 is 0 Å². The lowest BCUT2D eigenvalue weighted by molar-refractivity contribution is 0.340. The number of oxime groups is 1. The van der Waals surface area contributed by atoms with Gasteiger partial charge in [0.05, 0.1) is 5.57 Å². The zero-order valence-corrected chi connectivity index (χ0v) is 15.4. The molecule has 0 spiro atoms. The Bertz CT molecular complexity index is 1050. The second-order valence-corrected chi connectivity index (χ2v) is 7.85. The highest BCUT2D eigenvalue weighted by Gasteiger charge is 2.21. The molecule has 26 heavy (non-hydrogen) atoms. The van der Waals surface area contributed by atoms with E-state index in [2.05, 4.69) is 11.2 Å². The van der Waals surface area contributed by atoms with Gasteiger partial charge in [0, 0.05) is 5.57 Å². The first-order valence-corrected chi connectivity index (χ1v) is 9.92. The molecule has 1 aliphatic rings. The lowest BCUT2D eigenvalue weighted by Gasteiger charge is -2.05. The molecule has 2 aromatic carbocycles. The van der Waals surface area contributed by atoms with Crippen LogP contribution in [0.15, 0.2) is 81.7 Å². The highest BCUT2D eigenvalue weighted by atomic mass is 32.2. The van der Waals surface area contributed by atoms with Gasteiger partial charge < -0.3 is 0 Å². The molecule has 0 bridgehead atoms. The number of hydrogen-bond acceptors (Lipinski definition) is 6. The Labute approximate surface area is 156 Å². The molecule has 1 heterocycles. The van der Waals surface area contributed by atoms with Gasteiger partial charge in [-0.3, -0.25) is 4.28 Å². The summed E-state index contributed by atoms with van der Waals surface area (Å²) in [6.07, 6.45) is 1.72. The minimum atomic E-state index is -4.02. The first-order valence-electron chi connectivity index (χ1n) is 7.63. The quantitative estimate of drug-likeness (QED) is 0.583. The van der Waals surface area contributed by atoms with Crippen LogP contribution < -0.4 is 0 Å². The molecule has 0 saturated heterocycles. The first kappa shape index (κ1) is 18.0. The normalized spacial score (nSPS) is 17.2. The summed E-state index contributed by atoms with van der Waals surface area (Å²) in [7, 11) is -4.02. The molecule has 0 unspecified atom stereocenters. The van der Waals surface area contributed by atoms with E-state index < -0.39 is 10.1 Å². The van der Waals surface area contributed by atoms with Crippen molar-refractivity contribution in [2.75, 3.05) is 0 Å². The van der Waals surface area contributed by atoms with Gasteiger partial charge in [0.15, 0.2) is 0 Å². The third-order valence-electron chi connectivity index (χ3n) is 3.62. The van der Waals surface area contributed by atoms with Gasteiger partial charge in [-0.2, -0.15) is 13.7 Å². The number of benzene rings is 2. The van der Waals surface area contributed by atoms with Crippen LogP contribution in [0.3, 0.4) is 0 Å². The van der Waals surface area contributed by atoms with E-state index in [1.165, 1.54) is 23.9 Å². The molecule has 0 aromatic heterocycles. The maximum Gasteiger partial charge on any atom is 0.358 e. The lowest BCUT2D eigenvalue weighted by Crippen LogP contribution is -2.05. The Balaban J connectivity index is 1.92. The molecule has 130 valence electrons. The molecular weight excluding hydrogens is 368 g/mol. The molecule has 0 radical (unpaired) electrons. The molecule has 1 aliphatic heterocycles. The summed E-state index contributed by atoms with van der Waals surface area (Å²) in [5.74, 6) is 0. The van der Waals surface area contributed by atoms with Gasteiger partial charge in [-0.25, -0.2) is 0 Å². The lowest BCUT2D eigenvalue weighted by atomic mass is 10.0. The van der Waals surface area contributed by atoms with Crippen molar-refractivity contribution >= 4 is 32.5 Å². The molecule has 0 amide bonds. The van der Waals surface area contributed by atoms with Crippen LogP contribution >= 0.6 is 11.8 Å². The van der Waals surface area contributed by atoms with Crippen molar-refractivity contribution in [1.82, 2.24) is 0 Å². The topological polar surface area (TPSA) is 79.5 Å². The molecule has 5 nitrogen and oxygen atoms in total. The smallest absolute Gasteiger partial charge is 0.264 e. The summed E-state index contributed by atoms with van der Waals surface area (Å²) in [5.41, 5.74) is 2.61. The molecule has 0 fully saturated rings. The van der Waals surface area contributed by atoms with Crippen molar-refractivity contribution in [2.24, 2.45) is 5.16 Å². The second-order valence-electron chi connectivity index (χ2n) is 5.43. The van der Waals surface area contributed by atoms with Crippen LogP contribution in [-0.4, -0.2) is 13.5 Å². The van der Waals surface area contributed by atoms with E-state index in [0.717, 1.165) is 11.1 Å². The highest BCUT2D eigenvalue weighted by Crippen LogP contribution is 2.31. The van der Waals surface area contributed by atoms with Gasteiger partial charge in [-0.1, -0.05) is 64.9 Å². The number of nitriles is 1. The summed E-state index contributed by atoms with van der Waals surface area (Å²) >= 11 is 1.20. The number of aryl methyl sites for hydroxylation is 1. The van der Waals surface area contributed by atoms with Crippen molar-refractivity contribution in [2.45, 2.75) is 11.8 Å². The van der Waals surface area contributed by atoms with Crippen molar-refractivity contribution in [1.29, 1.82) is 5.26 Å². The molecule has 2 aromatic rings. The average molecular weight is 382 g/mol. The first-order chi connectivity index (χ1) is 12.5. The molecule has 0 saturated carbocycles. The van der Waals surface area contributed by atoms with E-state index in [1.54, 1.807) is 23.6 Å². The van der Waals surface area contributed by atoms with E-state index in [9.17, 15) is 13.7 Å². The van der Waals surface area contributed by atoms with Gasteiger partial charge in [0.25, 0.3) is 0 Å². The monoisotopic (exact) mass is 382 g/mol. The van der Waals surface area contributed by atoms with Gasteiger partial charge in [0.1, 0.15) is 16.0 Å². The Kier molecular flexibility index (Phi) is 5.26. The third kappa shape index (κ3) is 3.87. The van der Waals surface area contributed by atoms with Gasteiger partial charge in [-0.15, -0.1) is 0 Å². The summed E-state index contributed by atoms with van der Waals surface area (Å²) in [6.45, 7) is 1.86. The third-order valence-corrected chi connectivity index (χ3v) is 5.53. The number of hydrogen-bond donors (Lipinski definition) is 0. The maximum atomic E-state index is 12.3. The zero-order valence-electron chi connectivity index (χ0n) is 13.8. The molecular formula is C19H14N2O3S2. The molecule has 3 rings (SSSR count). The number of thioether (sulfide) groups is 1. The number of rotatable bonds is 4. The fraction of sp³-hybridized carbons (Fsp3) is 0.0526. The van der Waals surface area contributed by atoms with Crippen molar-refractivity contribution in [3.8, 4) is 6.07 Å². The van der Waals surface area contributed by atoms with Gasteiger partial charge in [0.2, 0.25) is 0 Å². The van der Waals surface area contributed by atoms with E-state index in [1.807, 2.05) is 37.3 Å².